The van der Waals surface area contributed by atoms with Gasteiger partial charge in [-0.1, -0.05) is 61.0 Å². The summed E-state index contributed by atoms with van der Waals surface area (Å²) in [6, 6.07) is 11.2. The van der Waals surface area contributed by atoms with E-state index >= 15 is 0 Å². The number of rotatable bonds is 9. The lowest BCUT2D eigenvalue weighted by atomic mass is 9.80. The summed E-state index contributed by atoms with van der Waals surface area (Å²) in [5, 5.41) is 9.01. The van der Waals surface area contributed by atoms with Crippen LogP contribution in [0.2, 0.25) is 5.02 Å². The van der Waals surface area contributed by atoms with Gasteiger partial charge in [-0.2, -0.15) is 0 Å². The number of benzene rings is 1. The zero-order valence-corrected chi connectivity index (χ0v) is 26.2. The summed E-state index contributed by atoms with van der Waals surface area (Å²) in [6.45, 7) is 3.18. The molecule has 12 heteroatoms. The molecule has 2 aromatic heterocycles. The van der Waals surface area contributed by atoms with Crippen molar-refractivity contribution >= 4 is 40.6 Å². The van der Waals surface area contributed by atoms with Crippen LogP contribution in [0.1, 0.15) is 52.6 Å². The van der Waals surface area contributed by atoms with Gasteiger partial charge in [0.25, 0.3) is 11.5 Å². The van der Waals surface area contributed by atoms with Gasteiger partial charge in [0.15, 0.2) is 0 Å². The van der Waals surface area contributed by atoms with Crippen molar-refractivity contribution in [3.8, 4) is 0 Å². The van der Waals surface area contributed by atoms with Gasteiger partial charge in [0.2, 0.25) is 5.91 Å². The van der Waals surface area contributed by atoms with Crippen LogP contribution in [-0.4, -0.2) is 43.9 Å². The maximum Gasteiger partial charge on any atom is 0.330 e. The van der Waals surface area contributed by atoms with Crippen LogP contribution in [0.5, 0.6) is 0 Å². The van der Waals surface area contributed by atoms with Crippen molar-refractivity contribution in [3.63, 3.8) is 0 Å². The lowest BCUT2D eigenvalue weighted by molar-refractivity contribution is -0.119. The van der Waals surface area contributed by atoms with Gasteiger partial charge in [0.05, 0.1) is 11.1 Å². The Morgan fingerprint density at radius 3 is 2.64 bits per heavy atom. The third-order valence-corrected chi connectivity index (χ3v) is 9.03. The quantitative estimate of drug-likeness (QED) is 0.310. The van der Waals surface area contributed by atoms with Gasteiger partial charge in [-0.15, -0.1) is 11.6 Å². The highest BCUT2D eigenvalue weighted by atomic mass is 35.5. The van der Waals surface area contributed by atoms with Gasteiger partial charge >= 0.3 is 5.69 Å². The SMILES string of the molecule is CCc1nc(C2(NC(=O)c3cn(C)c(=O)n(C)c3=O)C=CC=C(c3ccccc3Cl)[C@@H]2Cl)ccc1CNCC1CCC(=O)N1. The second kappa shape index (κ2) is 12.9. The van der Waals surface area contributed by atoms with E-state index in [1.165, 1.54) is 24.9 Å². The topological polar surface area (TPSA) is 127 Å². The number of halogens is 2. The summed E-state index contributed by atoms with van der Waals surface area (Å²) in [5.41, 5.74) is 0.752. The molecule has 0 radical (unpaired) electrons. The Kier molecular flexibility index (Phi) is 9.24. The van der Waals surface area contributed by atoms with Gasteiger partial charge in [-0.05, 0) is 41.7 Å². The van der Waals surface area contributed by atoms with Crippen LogP contribution in [0, 0.1) is 0 Å². The first-order valence-corrected chi connectivity index (χ1v) is 15.2. The number of amides is 2. The molecule has 1 fully saturated rings. The highest BCUT2D eigenvalue weighted by Gasteiger charge is 2.45. The maximum absolute atomic E-state index is 13.8. The number of aryl methyl sites for hydroxylation is 2. The van der Waals surface area contributed by atoms with Gasteiger partial charge in [-0.3, -0.25) is 23.9 Å². The van der Waals surface area contributed by atoms with E-state index in [-0.39, 0.29) is 17.5 Å². The van der Waals surface area contributed by atoms with Crippen molar-refractivity contribution in [1.82, 2.24) is 30.1 Å². The smallest absolute Gasteiger partial charge is 0.330 e. The minimum atomic E-state index is -1.38. The molecule has 10 nitrogen and oxygen atoms in total. The number of nitrogens with zero attached hydrogens (tertiary/aromatic N) is 3. The Bertz CT molecular complexity index is 1800. The number of hydrogen-bond donors (Lipinski definition) is 3. The molecule has 3 heterocycles. The molecule has 0 saturated carbocycles. The first-order chi connectivity index (χ1) is 21.1. The predicted octanol–water partition coefficient (Wildman–Crippen LogP) is 2.95. The molecule has 1 saturated heterocycles. The average Bonchev–Trinajstić information content (AvgIpc) is 3.44. The van der Waals surface area contributed by atoms with Crippen molar-refractivity contribution in [2.45, 2.75) is 49.7 Å². The fourth-order valence-corrected chi connectivity index (χ4v) is 6.36. The molecule has 2 aliphatic rings. The second-order valence-corrected chi connectivity index (χ2v) is 11.9. The first kappa shape index (κ1) is 31.4. The molecule has 230 valence electrons. The fraction of sp³-hybridized carbons (Fsp3) is 0.344. The molecular weight excluding hydrogens is 603 g/mol. The molecule has 0 bridgehead atoms. The van der Waals surface area contributed by atoms with Crippen LogP contribution >= 0.6 is 23.2 Å². The van der Waals surface area contributed by atoms with Gasteiger partial charge in [0.1, 0.15) is 11.1 Å². The van der Waals surface area contributed by atoms with Crippen molar-refractivity contribution in [2.24, 2.45) is 14.1 Å². The Morgan fingerprint density at radius 1 is 1.16 bits per heavy atom. The zero-order valence-electron chi connectivity index (χ0n) is 24.7. The molecule has 3 aromatic rings. The van der Waals surface area contributed by atoms with Crippen molar-refractivity contribution in [3.05, 3.63) is 115 Å². The normalized spacial score (nSPS) is 21.2. The number of carbonyl (C=O) groups excluding carboxylic acids is 2. The lowest BCUT2D eigenvalue weighted by Crippen LogP contribution is -2.54. The zero-order chi connectivity index (χ0) is 31.6. The molecule has 1 aromatic carbocycles. The van der Waals surface area contributed by atoms with E-state index in [4.69, 9.17) is 28.2 Å². The highest BCUT2D eigenvalue weighted by Crippen LogP contribution is 2.42. The summed E-state index contributed by atoms with van der Waals surface area (Å²) in [5.74, 6) is -0.637. The van der Waals surface area contributed by atoms with Gasteiger partial charge < -0.3 is 20.5 Å². The molecule has 44 heavy (non-hydrogen) atoms. The molecular formula is C32H34Cl2N6O4. The summed E-state index contributed by atoms with van der Waals surface area (Å²) in [4.78, 5) is 55.7. The average molecular weight is 638 g/mol. The Balaban J connectivity index is 1.54. The van der Waals surface area contributed by atoms with Crippen LogP contribution < -0.4 is 27.2 Å². The minimum absolute atomic E-state index is 0.0707. The van der Waals surface area contributed by atoms with E-state index < -0.39 is 28.1 Å². The van der Waals surface area contributed by atoms with Crippen molar-refractivity contribution < 1.29 is 9.59 Å². The maximum atomic E-state index is 13.8. The first-order valence-electron chi connectivity index (χ1n) is 14.4. The van der Waals surface area contributed by atoms with Crippen molar-refractivity contribution in [1.29, 1.82) is 0 Å². The molecule has 2 amide bonds. The molecule has 3 N–H and O–H groups in total. The summed E-state index contributed by atoms with van der Waals surface area (Å²) >= 11 is 13.9. The molecule has 5 rings (SSSR count). The minimum Gasteiger partial charge on any atom is -0.352 e. The van der Waals surface area contributed by atoms with E-state index in [0.29, 0.717) is 47.8 Å². The molecule has 0 spiro atoms. The number of alkyl halides is 1. The number of allylic oxidation sites excluding steroid dienone is 2. The molecule has 2 unspecified atom stereocenters. The third kappa shape index (κ3) is 6.02. The van der Waals surface area contributed by atoms with E-state index in [9.17, 15) is 19.2 Å². The summed E-state index contributed by atoms with van der Waals surface area (Å²) < 4.78 is 2.07. The van der Waals surface area contributed by atoms with Crippen LogP contribution in [0.4, 0.5) is 0 Å². The number of aromatic nitrogens is 3. The number of carbonyl (C=O) groups is 2. The largest absolute Gasteiger partial charge is 0.352 e. The van der Waals surface area contributed by atoms with Crippen molar-refractivity contribution in [2.75, 3.05) is 6.54 Å². The van der Waals surface area contributed by atoms with E-state index in [2.05, 4.69) is 16.0 Å². The predicted molar refractivity (Wildman–Crippen MR) is 171 cm³/mol. The fourth-order valence-electron chi connectivity index (χ4n) is 5.68. The van der Waals surface area contributed by atoms with Crippen LogP contribution in [-0.2, 0) is 37.4 Å². The second-order valence-electron chi connectivity index (χ2n) is 11.0. The Hall–Kier alpha value is -3.99. The van der Waals surface area contributed by atoms with Crippen LogP contribution in [0.3, 0.4) is 0 Å². The van der Waals surface area contributed by atoms with E-state index in [1.54, 1.807) is 18.2 Å². The highest BCUT2D eigenvalue weighted by molar-refractivity contribution is 6.34. The summed E-state index contributed by atoms with van der Waals surface area (Å²) in [7, 11) is 2.79. The van der Waals surface area contributed by atoms with Crippen LogP contribution in [0.25, 0.3) is 5.57 Å². The lowest BCUT2D eigenvalue weighted by Gasteiger charge is -2.39. The number of hydrogen-bond acceptors (Lipinski definition) is 6. The number of nitrogens with one attached hydrogen (secondary N) is 3. The number of pyridine rings is 1. The van der Waals surface area contributed by atoms with Crippen LogP contribution in [0.15, 0.2) is 70.4 Å². The van der Waals surface area contributed by atoms with E-state index in [0.717, 1.165) is 22.2 Å². The summed E-state index contributed by atoms with van der Waals surface area (Å²) in [6.07, 6.45) is 8.57. The Morgan fingerprint density at radius 2 is 1.93 bits per heavy atom. The molecule has 3 atom stereocenters. The molecule has 1 aliphatic carbocycles. The van der Waals surface area contributed by atoms with Gasteiger partial charge in [-0.25, -0.2) is 4.79 Å². The standard InChI is InChI=1S/C32H34Cl2N6O4/c1-4-25-19(16-35-17-20-12-14-27(41)36-20)11-13-26(37-25)32(38-29(42)23-18-39(2)31(44)40(3)30(23)43)15-7-9-22(28(32)34)21-8-5-6-10-24(21)33/h5-11,13,15,18,20,28,35H,4,12,14,16-17H2,1-3H3,(H,36,41)(H,38,42)/t20?,28-,32?/m0/s1. The Labute approximate surface area is 264 Å². The van der Waals surface area contributed by atoms with E-state index in [1.807, 2.05) is 43.3 Å². The molecule has 1 aliphatic heterocycles. The third-order valence-electron chi connectivity index (χ3n) is 8.12. The monoisotopic (exact) mass is 636 g/mol. The van der Waals surface area contributed by atoms with Gasteiger partial charge in [0, 0.05) is 56.6 Å².